The van der Waals surface area contributed by atoms with Gasteiger partial charge in [0, 0.05) is 0 Å². The molecule has 2 N–H and O–H groups in total. The monoisotopic (exact) mass is 208 g/mol. The molecule has 1 heterocycles. The minimum absolute atomic E-state index is 0.150. The highest BCUT2D eigenvalue weighted by Gasteiger charge is 2.08. The third-order valence-corrected chi connectivity index (χ3v) is 1.85. The van der Waals surface area contributed by atoms with Crippen LogP contribution < -0.4 is 10.5 Å². The standard InChI is InChI=1S/C9H9FN4O/c1-15-9-12-8(11)14(13-9)7-4-2-3-6(10)5-7/h2-5H,1H3,(H2,11,12,13). The average Bonchev–Trinajstić information content (AvgIpc) is 2.60. The molecule has 1 aromatic heterocycles. The lowest BCUT2D eigenvalue weighted by Gasteiger charge is -2.01. The molecule has 0 amide bonds. The van der Waals surface area contributed by atoms with Gasteiger partial charge in [0.2, 0.25) is 5.95 Å². The number of rotatable bonds is 2. The number of hydrogen-bond acceptors (Lipinski definition) is 4. The van der Waals surface area contributed by atoms with Crippen molar-refractivity contribution in [2.45, 2.75) is 0 Å². The molecule has 0 spiro atoms. The van der Waals surface area contributed by atoms with Gasteiger partial charge in [-0.25, -0.2) is 4.39 Å². The second kappa shape index (κ2) is 3.56. The molecule has 5 nitrogen and oxygen atoms in total. The van der Waals surface area contributed by atoms with Crippen molar-refractivity contribution in [2.75, 3.05) is 12.8 Å². The van der Waals surface area contributed by atoms with Gasteiger partial charge in [0.25, 0.3) is 0 Å². The first-order chi connectivity index (χ1) is 7.20. The number of halogens is 1. The molecule has 2 aromatic rings. The molecular formula is C9H9FN4O. The van der Waals surface area contributed by atoms with Crippen molar-refractivity contribution in [3.05, 3.63) is 30.1 Å². The molecule has 0 unspecified atom stereocenters. The highest BCUT2D eigenvalue weighted by Crippen LogP contribution is 2.15. The zero-order chi connectivity index (χ0) is 10.8. The van der Waals surface area contributed by atoms with Crippen LogP contribution in [-0.2, 0) is 0 Å². The largest absolute Gasteiger partial charge is 0.466 e. The van der Waals surface area contributed by atoms with E-state index in [-0.39, 0.29) is 17.8 Å². The normalized spacial score (nSPS) is 10.3. The van der Waals surface area contributed by atoms with Crippen LogP contribution in [0.5, 0.6) is 6.01 Å². The predicted molar refractivity (Wildman–Crippen MR) is 52.3 cm³/mol. The molecule has 1 aromatic carbocycles. The van der Waals surface area contributed by atoms with Crippen molar-refractivity contribution in [3.8, 4) is 11.7 Å². The van der Waals surface area contributed by atoms with Gasteiger partial charge in [0.1, 0.15) is 5.82 Å². The van der Waals surface area contributed by atoms with Gasteiger partial charge >= 0.3 is 6.01 Å². The van der Waals surface area contributed by atoms with Crippen LogP contribution in [0.4, 0.5) is 10.3 Å². The smallest absolute Gasteiger partial charge is 0.337 e. The van der Waals surface area contributed by atoms with E-state index in [0.717, 1.165) is 0 Å². The fourth-order valence-corrected chi connectivity index (χ4v) is 1.19. The van der Waals surface area contributed by atoms with Gasteiger partial charge in [-0.05, 0) is 18.2 Å². The van der Waals surface area contributed by atoms with Gasteiger partial charge in [-0.2, -0.15) is 9.67 Å². The van der Waals surface area contributed by atoms with Gasteiger partial charge in [0.15, 0.2) is 0 Å². The summed E-state index contributed by atoms with van der Waals surface area (Å²) in [5, 5.41) is 3.93. The quantitative estimate of drug-likeness (QED) is 0.799. The summed E-state index contributed by atoms with van der Waals surface area (Å²) in [6.07, 6.45) is 0. The average molecular weight is 208 g/mol. The van der Waals surface area contributed by atoms with Crippen molar-refractivity contribution in [2.24, 2.45) is 0 Å². The van der Waals surface area contributed by atoms with Gasteiger partial charge < -0.3 is 10.5 Å². The lowest BCUT2D eigenvalue weighted by atomic mass is 10.3. The van der Waals surface area contributed by atoms with Gasteiger partial charge in [-0.15, -0.1) is 5.10 Å². The maximum atomic E-state index is 12.9. The van der Waals surface area contributed by atoms with E-state index in [1.165, 1.54) is 23.9 Å². The fourth-order valence-electron chi connectivity index (χ4n) is 1.19. The Kier molecular flexibility index (Phi) is 2.24. The Balaban J connectivity index is 2.48. The molecular weight excluding hydrogens is 199 g/mol. The third kappa shape index (κ3) is 1.74. The number of aromatic nitrogens is 3. The van der Waals surface area contributed by atoms with Crippen LogP contribution in [-0.4, -0.2) is 21.9 Å². The molecule has 0 fully saturated rings. The first-order valence-electron chi connectivity index (χ1n) is 4.23. The number of ether oxygens (including phenoxy) is 1. The minimum Gasteiger partial charge on any atom is -0.466 e. The number of methoxy groups -OCH3 is 1. The van der Waals surface area contributed by atoms with Crippen molar-refractivity contribution in [1.82, 2.24) is 14.8 Å². The molecule has 0 saturated heterocycles. The predicted octanol–water partition coefficient (Wildman–Crippen LogP) is 0.997. The number of nitrogen functional groups attached to an aromatic ring is 1. The molecule has 78 valence electrons. The molecule has 0 bridgehead atoms. The van der Waals surface area contributed by atoms with Gasteiger partial charge in [-0.1, -0.05) is 6.07 Å². The summed E-state index contributed by atoms with van der Waals surface area (Å²) in [5.41, 5.74) is 6.09. The summed E-state index contributed by atoms with van der Waals surface area (Å²) >= 11 is 0. The lowest BCUT2D eigenvalue weighted by molar-refractivity contribution is 0.380. The summed E-state index contributed by atoms with van der Waals surface area (Å²) in [6.45, 7) is 0. The molecule has 0 atom stereocenters. The summed E-state index contributed by atoms with van der Waals surface area (Å²) < 4.78 is 19.1. The Morgan fingerprint density at radius 1 is 1.47 bits per heavy atom. The maximum absolute atomic E-state index is 12.9. The van der Waals surface area contributed by atoms with E-state index in [1.807, 2.05) is 0 Å². The Labute approximate surface area is 85.3 Å². The highest BCUT2D eigenvalue weighted by atomic mass is 19.1. The Hall–Kier alpha value is -2.11. The van der Waals surface area contributed by atoms with E-state index in [0.29, 0.717) is 5.69 Å². The number of hydrogen-bond donors (Lipinski definition) is 1. The first-order valence-corrected chi connectivity index (χ1v) is 4.23. The van der Waals surface area contributed by atoms with Crippen molar-refractivity contribution in [3.63, 3.8) is 0 Å². The molecule has 0 radical (unpaired) electrons. The van der Waals surface area contributed by atoms with Crippen molar-refractivity contribution >= 4 is 5.95 Å². The lowest BCUT2D eigenvalue weighted by Crippen LogP contribution is -2.02. The molecule has 0 saturated carbocycles. The van der Waals surface area contributed by atoms with E-state index in [1.54, 1.807) is 12.1 Å². The minimum atomic E-state index is -0.360. The topological polar surface area (TPSA) is 66.0 Å². The maximum Gasteiger partial charge on any atom is 0.337 e. The van der Waals surface area contributed by atoms with Crippen LogP contribution in [0.3, 0.4) is 0 Å². The van der Waals surface area contributed by atoms with E-state index in [2.05, 4.69) is 10.1 Å². The van der Waals surface area contributed by atoms with Crippen LogP contribution in [0.2, 0.25) is 0 Å². The molecule has 0 aliphatic heterocycles. The van der Waals surface area contributed by atoms with Gasteiger partial charge in [-0.3, -0.25) is 0 Å². The summed E-state index contributed by atoms with van der Waals surface area (Å²) in [7, 11) is 1.44. The zero-order valence-corrected chi connectivity index (χ0v) is 8.01. The molecule has 15 heavy (non-hydrogen) atoms. The van der Waals surface area contributed by atoms with E-state index < -0.39 is 0 Å². The summed E-state index contributed by atoms with van der Waals surface area (Å²) in [4.78, 5) is 3.82. The highest BCUT2D eigenvalue weighted by molar-refractivity contribution is 5.38. The van der Waals surface area contributed by atoms with E-state index >= 15 is 0 Å². The fraction of sp³-hybridized carbons (Fsp3) is 0.111. The van der Waals surface area contributed by atoms with Crippen LogP contribution in [0.15, 0.2) is 24.3 Å². The van der Waals surface area contributed by atoms with Crippen LogP contribution in [0.25, 0.3) is 5.69 Å². The second-order valence-corrected chi connectivity index (χ2v) is 2.85. The van der Waals surface area contributed by atoms with Crippen LogP contribution in [0.1, 0.15) is 0 Å². The Bertz CT molecular complexity index is 483. The number of nitrogens with two attached hydrogens (primary N) is 1. The molecule has 0 aliphatic rings. The van der Waals surface area contributed by atoms with Crippen LogP contribution in [0, 0.1) is 5.82 Å². The molecule has 2 rings (SSSR count). The van der Waals surface area contributed by atoms with E-state index in [4.69, 9.17) is 10.5 Å². The van der Waals surface area contributed by atoms with Crippen molar-refractivity contribution < 1.29 is 9.13 Å². The molecule has 0 aliphatic carbocycles. The second-order valence-electron chi connectivity index (χ2n) is 2.85. The Morgan fingerprint density at radius 2 is 2.27 bits per heavy atom. The van der Waals surface area contributed by atoms with Crippen molar-refractivity contribution in [1.29, 1.82) is 0 Å². The first kappa shape index (κ1) is 9.45. The molecule has 6 heteroatoms. The van der Waals surface area contributed by atoms with Gasteiger partial charge in [0.05, 0.1) is 12.8 Å². The summed E-state index contributed by atoms with van der Waals surface area (Å²) in [6, 6.07) is 6.04. The van der Waals surface area contributed by atoms with E-state index in [9.17, 15) is 4.39 Å². The van der Waals surface area contributed by atoms with Crippen LogP contribution >= 0.6 is 0 Å². The SMILES string of the molecule is COc1nc(N)n(-c2cccc(F)c2)n1. The number of anilines is 1. The third-order valence-electron chi connectivity index (χ3n) is 1.85. The number of benzene rings is 1. The Morgan fingerprint density at radius 3 is 2.87 bits per heavy atom. The zero-order valence-electron chi connectivity index (χ0n) is 8.01. The number of nitrogens with zero attached hydrogens (tertiary/aromatic N) is 3. The summed E-state index contributed by atoms with van der Waals surface area (Å²) in [5.74, 6) is -0.209.